The number of amides is 1. The predicted molar refractivity (Wildman–Crippen MR) is 126 cm³/mol. The number of fused-ring (bicyclic) bond motifs is 2. The highest BCUT2D eigenvalue weighted by atomic mass is 19.4. The molecule has 4 aromatic rings. The summed E-state index contributed by atoms with van der Waals surface area (Å²) in [5, 5.41) is 4.24. The van der Waals surface area contributed by atoms with Gasteiger partial charge in [-0.25, -0.2) is 9.67 Å². The van der Waals surface area contributed by atoms with Crippen molar-refractivity contribution in [3.8, 4) is 28.5 Å². The molecule has 2 aromatic carbocycles. The third-order valence-corrected chi connectivity index (χ3v) is 5.69. The third-order valence-electron chi connectivity index (χ3n) is 5.69. The molecule has 0 aliphatic carbocycles. The number of likely N-dealkylation sites (N-methyl/N-ethyl adjacent to an activating group) is 1. The molecule has 0 spiro atoms. The number of nitrogens with one attached hydrogen (secondary N) is 1. The lowest BCUT2D eigenvalue weighted by Gasteiger charge is -2.21. The van der Waals surface area contributed by atoms with Gasteiger partial charge in [-0.15, -0.1) is 22.0 Å². The standard InChI is InChI=1S/C24H18F5N5O5/c1-3-33(14-4-5-16-17(9-14)39-24(28,29)38-16)18(35)10-34-22(36)21-20(30-11-31-21)19(32-34)13-6-12(2)7-15(8-13)37-23(25,26)27/h4-9,11H,3,10H2,1-2H3,(H,30,31). The smallest absolute Gasteiger partial charge is 0.406 e. The first-order valence-electron chi connectivity index (χ1n) is 11.4. The largest absolute Gasteiger partial charge is 0.586 e. The van der Waals surface area contributed by atoms with E-state index in [4.69, 9.17) is 0 Å². The second-order valence-electron chi connectivity index (χ2n) is 8.46. The molecule has 0 atom stereocenters. The first kappa shape index (κ1) is 25.9. The second kappa shape index (κ2) is 9.25. The van der Waals surface area contributed by atoms with Crippen molar-refractivity contribution in [3.05, 3.63) is 58.6 Å². The maximum atomic E-state index is 13.4. The highest BCUT2D eigenvalue weighted by Gasteiger charge is 2.43. The Labute approximate surface area is 215 Å². The molecule has 204 valence electrons. The van der Waals surface area contributed by atoms with Crippen molar-refractivity contribution in [1.82, 2.24) is 19.7 Å². The Bertz CT molecular complexity index is 1650. The Morgan fingerprint density at radius 2 is 1.90 bits per heavy atom. The average Bonchev–Trinajstić information content (AvgIpc) is 3.43. The Kier molecular flexibility index (Phi) is 6.15. The monoisotopic (exact) mass is 551 g/mol. The number of benzene rings is 2. The molecule has 1 aliphatic heterocycles. The number of ether oxygens (including phenoxy) is 3. The number of imidazole rings is 1. The van der Waals surface area contributed by atoms with Crippen LogP contribution in [0, 0.1) is 6.92 Å². The summed E-state index contributed by atoms with van der Waals surface area (Å²) in [5.41, 5.74) is 0.152. The van der Waals surface area contributed by atoms with E-state index in [0.717, 1.165) is 10.7 Å². The molecular weight excluding hydrogens is 533 g/mol. The molecule has 39 heavy (non-hydrogen) atoms. The molecule has 2 aromatic heterocycles. The van der Waals surface area contributed by atoms with Crippen molar-refractivity contribution >= 4 is 22.6 Å². The number of H-pyrrole nitrogens is 1. The highest BCUT2D eigenvalue weighted by molar-refractivity contribution is 5.94. The average molecular weight is 551 g/mol. The maximum Gasteiger partial charge on any atom is 0.586 e. The summed E-state index contributed by atoms with van der Waals surface area (Å²) in [7, 11) is 0. The van der Waals surface area contributed by atoms with Crippen molar-refractivity contribution in [3.63, 3.8) is 0 Å². The minimum atomic E-state index is -4.93. The van der Waals surface area contributed by atoms with E-state index in [1.165, 1.54) is 41.6 Å². The van der Waals surface area contributed by atoms with Gasteiger partial charge in [-0.3, -0.25) is 9.59 Å². The Morgan fingerprint density at radius 3 is 2.62 bits per heavy atom. The van der Waals surface area contributed by atoms with Gasteiger partial charge in [0.25, 0.3) is 5.56 Å². The lowest BCUT2D eigenvalue weighted by Crippen LogP contribution is -2.37. The first-order valence-corrected chi connectivity index (χ1v) is 11.4. The number of alkyl halides is 5. The number of anilines is 1. The van der Waals surface area contributed by atoms with Gasteiger partial charge in [0.2, 0.25) is 5.91 Å². The van der Waals surface area contributed by atoms with Crippen LogP contribution in [0.2, 0.25) is 0 Å². The zero-order chi connectivity index (χ0) is 28.1. The number of aryl methyl sites for hydroxylation is 1. The van der Waals surface area contributed by atoms with Crippen LogP contribution in [-0.2, 0) is 11.3 Å². The molecular formula is C24H18F5N5O5. The summed E-state index contributed by atoms with van der Waals surface area (Å²) < 4.78 is 79.0. The summed E-state index contributed by atoms with van der Waals surface area (Å²) >= 11 is 0. The molecule has 1 amide bonds. The Balaban J connectivity index is 1.51. The molecule has 1 N–H and O–H groups in total. The van der Waals surface area contributed by atoms with Gasteiger partial charge >= 0.3 is 12.7 Å². The van der Waals surface area contributed by atoms with E-state index in [1.807, 2.05) is 0 Å². The molecule has 3 heterocycles. The van der Waals surface area contributed by atoms with Crippen molar-refractivity contribution in [2.24, 2.45) is 0 Å². The fourth-order valence-electron chi connectivity index (χ4n) is 4.18. The van der Waals surface area contributed by atoms with Crippen molar-refractivity contribution < 1.29 is 41.0 Å². The number of carbonyl (C=O) groups excluding carboxylic acids is 1. The van der Waals surface area contributed by atoms with Crippen LogP contribution in [-0.4, -0.2) is 44.9 Å². The normalized spacial score (nSPS) is 14.0. The number of aromatic nitrogens is 4. The van der Waals surface area contributed by atoms with Gasteiger partial charge in [0.05, 0.1) is 6.33 Å². The summed E-state index contributed by atoms with van der Waals surface area (Å²) in [6, 6.07) is 7.59. The maximum absolute atomic E-state index is 13.4. The minimum Gasteiger partial charge on any atom is -0.406 e. The number of carbonyl (C=O) groups is 1. The van der Waals surface area contributed by atoms with Gasteiger partial charge < -0.3 is 24.1 Å². The van der Waals surface area contributed by atoms with Crippen LogP contribution in [0.5, 0.6) is 17.2 Å². The predicted octanol–water partition coefficient (Wildman–Crippen LogP) is 4.37. The van der Waals surface area contributed by atoms with E-state index in [0.29, 0.717) is 5.56 Å². The SMILES string of the molecule is CCN(C(=O)Cn1nc(-c2cc(C)cc(OC(F)(F)F)c2)c2nc[nH]c2c1=O)c1ccc2c(c1)OC(F)(F)O2. The topological polar surface area (TPSA) is 112 Å². The molecule has 0 saturated carbocycles. The minimum absolute atomic E-state index is 0.0269. The van der Waals surface area contributed by atoms with E-state index < -0.39 is 36.4 Å². The summed E-state index contributed by atoms with van der Waals surface area (Å²) in [6.07, 6.45) is -7.55. The number of nitrogens with zero attached hydrogens (tertiary/aromatic N) is 4. The zero-order valence-corrected chi connectivity index (χ0v) is 20.2. The molecule has 5 rings (SSSR count). The number of hydrogen-bond acceptors (Lipinski definition) is 7. The van der Waals surface area contributed by atoms with Crippen LogP contribution in [0.25, 0.3) is 22.3 Å². The lowest BCUT2D eigenvalue weighted by atomic mass is 10.1. The molecule has 0 bridgehead atoms. The molecule has 0 unspecified atom stereocenters. The Hall–Kier alpha value is -4.69. The van der Waals surface area contributed by atoms with Gasteiger partial charge in [-0.1, -0.05) is 0 Å². The molecule has 0 fully saturated rings. The number of rotatable bonds is 6. The van der Waals surface area contributed by atoms with E-state index in [1.54, 1.807) is 13.8 Å². The Morgan fingerprint density at radius 1 is 1.15 bits per heavy atom. The number of hydrogen-bond donors (Lipinski definition) is 1. The van der Waals surface area contributed by atoms with Crippen LogP contribution in [0.15, 0.2) is 47.5 Å². The quantitative estimate of drug-likeness (QED) is 0.355. The number of halogens is 5. The van der Waals surface area contributed by atoms with E-state index in [9.17, 15) is 31.5 Å². The van der Waals surface area contributed by atoms with Gasteiger partial charge in [0.15, 0.2) is 11.5 Å². The lowest BCUT2D eigenvalue weighted by molar-refractivity contribution is -0.286. The molecule has 10 nitrogen and oxygen atoms in total. The molecule has 0 radical (unpaired) electrons. The zero-order valence-electron chi connectivity index (χ0n) is 20.2. The summed E-state index contributed by atoms with van der Waals surface area (Å²) in [5.74, 6) is -1.60. The van der Waals surface area contributed by atoms with Gasteiger partial charge in [-0.05, 0) is 49.7 Å². The van der Waals surface area contributed by atoms with Crippen molar-refractivity contribution in [2.45, 2.75) is 33.0 Å². The van der Waals surface area contributed by atoms with Crippen molar-refractivity contribution in [2.75, 3.05) is 11.4 Å². The highest BCUT2D eigenvalue weighted by Crippen LogP contribution is 2.43. The van der Waals surface area contributed by atoms with Gasteiger partial charge in [0.1, 0.15) is 29.0 Å². The van der Waals surface area contributed by atoms with Crippen LogP contribution >= 0.6 is 0 Å². The van der Waals surface area contributed by atoms with E-state index in [-0.39, 0.29) is 46.0 Å². The van der Waals surface area contributed by atoms with E-state index in [2.05, 4.69) is 29.3 Å². The summed E-state index contributed by atoms with van der Waals surface area (Å²) in [6.45, 7) is 2.69. The van der Waals surface area contributed by atoms with Gasteiger partial charge in [0, 0.05) is 23.9 Å². The number of aromatic amines is 1. The van der Waals surface area contributed by atoms with Crippen LogP contribution in [0.1, 0.15) is 12.5 Å². The first-order chi connectivity index (χ1) is 18.3. The second-order valence-corrected chi connectivity index (χ2v) is 8.46. The van der Waals surface area contributed by atoms with Gasteiger partial charge in [-0.2, -0.15) is 5.10 Å². The molecule has 15 heteroatoms. The fourth-order valence-corrected chi connectivity index (χ4v) is 4.18. The third kappa shape index (κ3) is 5.19. The molecule has 1 aliphatic rings. The van der Waals surface area contributed by atoms with Crippen LogP contribution in [0.4, 0.5) is 27.6 Å². The molecule has 0 saturated heterocycles. The van der Waals surface area contributed by atoms with Crippen LogP contribution in [0.3, 0.4) is 0 Å². The van der Waals surface area contributed by atoms with Crippen molar-refractivity contribution in [1.29, 1.82) is 0 Å². The summed E-state index contributed by atoms with van der Waals surface area (Å²) in [4.78, 5) is 34.3. The van der Waals surface area contributed by atoms with E-state index >= 15 is 0 Å². The fraction of sp³-hybridized carbons (Fsp3) is 0.250. The van der Waals surface area contributed by atoms with Crippen LogP contribution < -0.4 is 24.7 Å².